The third kappa shape index (κ3) is 3.08. The molecule has 1 saturated carbocycles. The van der Waals surface area contributed by atoms with Gasteiger partial charge < -0.3 is 5.11 Å². The second-order valence-corrected chi connectivity index (χ2v) is 5.33. The summed E-state index contributed by atoms with van der Waals surface area (Å²) in [5, 5.41) is 18.0. The number of carbonyl (C=O) groups is 1. The van der Waals surface area contributed by atoms with Crippen molar-refractivity contribution in [2.75, 3.05) is 0 Å². The van der Waals surface area contributed by atoms with Crippen LogP contribution in [-0.2, 0) is 4.79 Å². The highest BCUT2D eigenvalue weighted by Gasteiger charge is 2.27. The maximum Gasteiger partial charge on any atom is 0.331 e. The number of rotatable bonds is 3. The molecular weight excluding hydrogens is 250 g/mol. The second kappa shape index (κ2) is 6.38. The van der Waals surface area contributed by atoms with E-state index in [1.54, 1.807) is 13.0 Å². The zero-order chi connectivity index (χ0) is 14.5. The molecule has 0 spiro atoms. The Labute approximate surface area is 119 Å². The molecule has 1 aliphatic carbocycles. The average molecular weight is 269 g/mol. The fraction of sp³-hybridized carbons (Fsp3) is 0.412. The van der Waals surface area contributed by atoms with Crippen LogP contribution in [0.3, 0.4) is 0 Å². The Balaban J connectivity index is 2.00. The molecule has 1 aromatic carbocycles. The molecule has 0 bridgehead atoms. The van der Waals surface area contributed by atoms with E-state index in [-0.39, 0.29) is 5.92 Å². The van der Waals surface area contributed by atoms with E-state index in [9.17, 15) is 4.79 Å². The molecule has 0 saturated heterocycles. The number of carboxylic acids is 1. The molecule has 0 amide bonds. The number of hydrogen-bond acceptors (Lipinski definition) is 2. The third-order valence-electron chi connectivity index (χ3n) is 4.24. The Morgan fingerprint density at radius 1 is 1.25 bits per heavy atom. The van der Waals surface area contributed by atoms with Crippen molar-refractivity contribution < 1.29 is 9.90 Å². The van der Waals surface area contributed by atoms with Gasteiger partial charge in [-0.25, -0.2) is 4.79 Å². The zero-order valence-corrected chi connectivity index (χ0v) is 11.7. The van der Waals surface area contributed by atoms with Crippen molar-refractivity contribution in [2.24, 2.45) is 5.92 Å². The number of nitriles is 1. The predicted octanol–water partition coefficient (Wildman–Crippen LogP) is 3.86. The zero-order valence-electron chi connectivity index (χ0n) is 11.7. The summed E-state index contributed by atoms with van der Waals surface area (Å²) < 4.78 is 0. The molecular formula is C17H19NO2. The summed E-state index contributed by atoms with van der Waals surface area (Å²) >= 11 is 0. The fourth-order valence-electron chi connectivity index (χ4n) is 3.10. The molecule has 1 fully saturated rings. The Bertz CT molecular complexity index is 543. The van der Waals surface area contributed by atoms with Crippen LogP contribution in [0.1, 0.15) is 49.7 Å². The first-order valence-electron chi connectivity index (χ1n) is 7.05. The molecule has 1 N–H and O–H groups in total. The van der Waals surface area contributed by atoms with Crippen LogP contribution in [0.2, 0.25) is 0 Å². The van der Waals surface area contributed by atoms with Crippen molar-refractivity contribution in [1.29, 1.82) is 5.26 Å². The standard InChI is InChI=1S/C17H19NO2/c1-2-16(17(19)20)15-9-7-14(8-10-15)13-5-3-12(11-18)4-6-13/h2-6,14-15H,7-10H2,1H3,(H,19,20)/t14-,15-. The van der Waals surface area contributed by atoms with Gasteiger partial charge in [-0.1, -0.05) is 18.2 Å². The molecule has 2 rings (SSSR count). The average Bonchev–Trinajstić information content (AvgIpc) is 2.48. The molecule has 0 atom stereocenters. The highest BCUT2D eigenvalue weighted by Crippen LogP contribution is 2.38. The van der Waals surface area contributed by atoms with Gasteiger partial charge in [0.05, 0.1) is 11.6 Å². The Morgan fingerprint density at radius 3 is 2.30 bits per heavy atom. The van der Waals surface area contributed by atoms with Crippen molar-refractivity contribution in [3.63, 3.8) is 0 Å². The summed E-state index contributed by atoms with van der Waals surface area (Å²) in [6.07, 6.45) is 5.62. The van der Waals surface area contributed by atoms with E-state index in [0.717, 1.165) is 25.7 Å². The van der Waals surface area contributed by atoms with Gasteiger partial charge in [0.1, 0.15) is 0 Å². The minimum atomic E-state index is -0.783. The predicted molar refractivity (Wildman–Crippen MR) is 77.2 cm³/mol. The minimum absolute atomic E-state index is 0.187. The molecule has 1 aromatic rings. The lowest BCUT2D eigenvalue weighted by molar-refractivity contribution is -0.133. The summed E-state index contributed by atoms with van der Waals surface area (Å²) in [6.45, 7) is 1.80. The molecule has 3 nitrogen and oxygen atoms in total. The highest BCUT2D eigenvalue weighted by molar-refractivity contribution is 5.87. The van der Waals surface area contributed by atoms with Crippen LogP contribution in [0.15, 0.2) is 35.9 Å². The van der Waals surface area contributed by atoms with Gasteiger partial charge in [0.15, 0.2) is 0 Å². The number of hydrogen-bond donors (Lipinski definition) is 1. The van der Waals surface area contributed by atoms with Crippen molar-refractivity contribution >= 4 is 5.97 Å². The maximum atomic E-state index is 11.2. The molecule has 0 aromatic heterocycles. The van der Waals surface area contributed by atoms with Crippen LogP contribution in [-0.4, -0.2) is 11.1 Å². The SMILES string of the molecule is CC=C(C(=O)O)[C@H]1CC[C@H](c2ccc(C#N)cc2)CC1. The van der Waals surface area contributed by atoms with Crippen LogP contribution in [0.25, 0.3) is 0 Å². The third-order valence-corrected chi connectivity index (χ3v) is 4.24. The van der Waals surface area contributed by atoms with Crippen molar-refractivity contribution in [2.45, 2.75) is 38.5 Å². The number of allylic oxidation sites excluding steroid dienone is 1. The Hall–Kier alpha value is -2.08. The molecule has 0 radical (unpaired) electrons. The van der Waals surface area contributed by atoms with Crippen LogP contribution in [0.5, 0.6) is 0 Å². The number of aliphatic carboxylic acids is 1. The van der Waals surface area contributed by atoms with Gasteiger partial charge in [-0.3, -0.25) is 0 Å². The quantitative estimate of drug-likeness (QED) is 0.847. The van der Waals surface area contributed by atoms with Crippen molar-refractivity contribution in [3.05, 3.63) is 47.0 Å². The highest BCUT2D eigenvalue weighted by atomic mass is 16.4. The van der Waals surface area contributed by atoms with Gasteiger partial charge >= 0.3 is 5.97 Å². The molecule has 0 aliphatic heterocycles. The number of benzene rings is 1. The lowest BCUT2D eigenvalue weighted by atomic mass is 9.76. The van der Waals surface area contributed by atoms with E-state index < -0.39 is 5.97 Å². The van der Waals surface area contributed by atoms with E-state index in [1.807, 2.05) is 24.3 Å². The van der Waals surface area contributed by atoms with Crippen LogP contribution >= 0.6 is 0 Å². The number of carboxylic acid groups (broad SMARTS) is 1. The molecule has 0 unspecified atom stereocenters. The summed E-state index contributed by atoms with van der Waals surface area (Å²) in [5.74, 6) is -0.104. The van der Waals surface area contributed by atoms with Gasteiger partial charge in [0.25, 0.3) is 0 Å². The first-order chi connectivity index (χ1) is 9.65. The smallest absolute Gasteiger partial charge is 0.331 e. The molecule has 3 heteroatoms. The van der Waals surface area contributed by atoms with E-state index in [0.29, 0.717) is 17.1 Å². The summed E-state index contributed by atoms with van der Waals surface area (Å²) in [5.41, 5.74) is 2.51. The van der Waals surface area contributed by atoms with E-state index in [1.165, 1.54) is 5.56 Å². The van der Waals surface area contributed by atoms with Crippen LogP contribution in [0.4, 0.5) is 0 Å². The van der Waals surface area contributed by atoms with E-state index >= 15 is 0 Å². The van der Waals surface area contributed by atoms with Gasteiger partial charge in [-0.2, -0.15) is 5.26 Å². The molecule has 1 aliphatic rings. The number of nitrogens with zero attached hydrogens (tertiary/aromatic N) is 1. The van der Waals surface area contributed by atoms with Crippen molar-refractivity contribution in [1.82, 2.24) is 0 Å². The fourth-order valence-corrected chi connectivity index (χ4v) is 3.10. The Kier molecular flexibility index (Phi) is 4.57. The van der Waals surface area contributed by atoms with E-state index in [2.05, 4.69) is 6.07 Å². The molecule has 104 valence electrons. The molecule has 20 heavy (non-hydrogen) atoms. The van der Waals surface area contributed by atoms with Crippen molar-refractivity contribution in [3.8, 4) is 6.07 Å². The Morgan fingerprint density at radius 2 is 1.85 bits per heavy atom. The largest absolute Gasteiger partial charge is 0.478 e. The topological polar surface area (TPSA) is 61.1 Å². The normalized spacial score (nSPS) is 23.1. The first kappa shape index (κ1) is 14.3. The monoisotopic (exact) mass is 269 g/mol. The minimum Gasteiger partial charge on any atom is -0.478 e. The summed E-state index contributed by atoms with van der Waals surface area (Å²) in [4.78, 5) is 11.2. The lowest BCUT2D eigenvalue weighted by Crippen LogP contribution is -2.19. The van der Waals surface area contributed by atoms with E-state index in [4.69, 9.17) is 10.4 Å². The first-order valence-corrected chi connectivity index (χ1v) is 7.05. The summed E-state index contributed by atoms with van der Waals surface area (Å²) in [6, 6.07) is 9.89. The van der Waals surface area contributed by atoms with Gasteiger partial charge in [0.2, 0.25) is 0 Å². The van der Waals surface area contributed by atoms with Gasteiger partial charge in [-0.05, 0) is 62.1 Å². The molecule has 0 heterocycles. The van der Waals surface area contributed by atoms with Crippen LogP contribution in [0, 0.1) is 17.2 Å². The summed E-state index contributed by atoms with van der Waals surface area (Å²) in [7, 11) is 0. The lowest BCUT2D eigenvalue weighted by Gasteiger charge is -2.29. The maximum absolute atomic E-state index is 11.2. The second-order valence-electron chi connectivity index (χ2n) is 5.33. The van der Waals surface area contributed by atoms with Crippen LogP contribution < -0.4 is 0 Å². The van der Waals surface area contributed by atoms with Gasteiger partial charge in [0, 0.05) is 5.57 Å². The van der Waals surface area contributed by atoms with Gasteiger partial charge in [-0.15, -0.1) is 0 Å².